The molecule has 1 aromatic rings. The van der Waals surface area contributed by atoms with Crippen molar-refractivity contribution in [2.45, 2.75) is 33.4 Å². The van der Waals surface area contributed by atoms with Crippen LogP contribution in [-0.4, -0.2) is 19.8 Å². The molecule has 1 unspecified atom stereocenters. The van der Waals surface area contributed by atoms with Gasteiger partial charge in [0.1, 0.15) is 8.07 Å². The summed E-state index contributed by atoms with van der Waals surface area (Å²) in [6, 6.07) is 10.7. The smallest absolute Gasteiger partial charge is 0.103 e. The molecule has 0 spiro atoms. The molecule has 18 heavy (non-hydrogen) atoms. The Hall–Kier alpha value is -0.863. The zero-order valence-corrected chi connectivity index (χ0v) is 13.1. The van der Waals surface area contributed by atoms with Crippen molar-refractivity contribution < 1.29 is 5.11 Å². The van der Waals surface area contributed by atoms with E-state index in [0.717, 1.165) is 6.42 Å². The van der Waals surface area contributed by atoms with E-state index in [0.29, 0.717) is 11.8 Å². The van der Waals surface area contributed by atoms with E-state index < -0.39 is 8.07 Å². The van der Waals surface area contributed by atoms with E-state index in [9.17, 15) is 5.11 Å². The van der Waals surface area contributed by atoms with Gasteiger partial charge >= 0.3 is 0 Å². The molecule has 1 nitrogen and oxygen atoms in total. The minimum Gasteiger partial charge on any atom is -0.396 e. The highest BCUT2D eigenvalue weighted by molar-refractivity contribution is 6.93. The first-order valence-electron chi connectivity index (χ1n) is 6.81. The predicted octanol–water partition coefficient (Wildman–Crippen LogP) is 3.35. The molecule has 0 aliphatic heterocycles. The Morgan fingerprint density at radius 1 is 1.17 bits per heavy atom. The fourth-order valence-electron chi connectivity index (χ4n) is 2.06. The van der Waals surface area contributed by atoms with Gasteiger partial charge in [-0.1, -0.05) is 74.2 Å². The van der Waals surface area contributed by atoms with Gasteiger partial charge in [0.05, 0.1) is 0 Å². The minimum atomic E-state index is -1.46. The van der Waals surface area contributed by atoms with Gasteiger partial charge < -0.3 is 5.11 Å². The molecule has 1 aromatic carbocycles. The fraction of sp³-hybridized carbons (Fsp3) is 0.500. The third-order valence-electron chi connectivity index (χ3n) is 3.67. The number of hydrogen-bond acceptors (Lipinski definition) is 1. The second kappa shape index (κ2) is 6.91. The Balaban J connectivity index is 2.66. The summed E-state index contributed by atoms with van der Waals surface area (Å²) in [5.41, 5.74) is 2.40. The number of allylic oxidation sites excluding steroid dienone is 1. The van der Waals surface area contributed by atoms with Crippen molar-refractivity contribution in [1.82, 2.24) is 0 Å². The maximum absolute atomic E-state index is 9.32. The van der Waals surface area contributed by atoms with Crippen LogP contribution < -0.4 is 5.19 Å². The number of hydrogen-bond donors (Lipinski definition) is 1. The van der Waals surface area contributed by atoms with Crippen molar-refractivity contribution in [2.75, 3.05) is 6.61 Å². The Morgan fingerprint density at radius 3 is 2.28 bits per heavy atom. The van der Waals surface area contributed by atoms with E-state index in [1.165, 1.54) is 5.19 Å². The SMILES string of the molecule is CC(C)C(CO)C/C=C\[Si](C)(C)c1ccccc1. The van der Waals surface area contributed by atoms with Crippen LogP contribution in [0.3, 0.4) is 0 Å². The molecule has 0 aliphatic carbocycles. The lowest BCUT2D eigenvalue weighted by Crippen LogP contribution is -2.39. The molecule has 0 saturated carbocycles. The molecule has 100 valence electrons. The monoisotopic (exact) mass is 262 g/mol. The van der Waals surface area contributed by atoms with Crippen LogP contribution >= 0.6 is 0 Å². The highest BCUT2D eigenvalue weighted by atomic mass is 28.3. The summed E-state index contributed by atoms with van der Waals surface area (Å²) in [5.74, 6) is 0.933. The first kappa shape index (κ1) is 15.2. The topological polar surface area (TPSA) is 20.2 Å². The number of benzene rings is 1. The molecule has 0 aromatic heterocycles. The van der Waals surface area contributed by atoms with Crippen molar-refractivity contribution >= 4 is 13.3 Å². The first-order valence-corrected chi connectivity index (χ1v) is 9.89. The standard InChI is InChI=1S/C16H26OSi/c1-14(2)15(13-17)9-8-12-18(3,4)16-10-6-5-7-11-16/h5-8,10-12,14-15,17H,9,13H2,1-4H3/b12-8-. The average Bonchev–Trinajstić information content (AvgIpc) is 2.35. The summed E-state index contributed by atoms with van der Waals surface area (Å²) in [6.07, 6.45) is 3.26. The second-order valence-corrected chi connectivity index (χ2v) is 10.3. The van der Waals surface area contributed by atoms with Gasteiger partial charge in [-0.2, -0.15) is 0 Å². The molecule has 0 amide bonds. The largest absolute Gasteiger partial charge is 0.396 e. The third kappa shape index (κ3) is 4.43. The van der Waals surface area contributed by atoms with Crippen LogP contribution in [0.1, 0.15) is 20.3 Å². The minimum absolute atomic E-state index is 0.287. The third-order valence-corrected chi connectivity index (χ3v) is 6.56. The number of aliphatic hydroxyl groups excluding tert-OH is 1. The molecule has 0 radical (unpaired) electrons. The molecule has 0 heterocycles. The summed E-state index contributed by atoms with van der Waals surface area (Å²) < 4.78 is 0. The van der Waals surface area contributed by atoms with Crippen molar-refractivity contribution in [3.05, 3.63) is 42.1 Å². The predicted molar refractivity (Wildman–Crippen MR) is 82.7 cm³/mol. The van der Waals surface area contributed by atoms with Gasteiger partial charge in [0.25, 0.3) is 0 Å². The van der Waals surface area contributed by atoms with Crippen LogP contribution in [0.15, 0.2) is 42.1 Å². The van der Waals surface area contributed by atoms with Gasteiger partial charge in [0, 0.05) is 6.61 Å². The Kier molecular flexibility index (Phi) is 5.83. The molecular weight excluding hydrogens is 236 g/mol. The lowest BCUT2D eigenvalue weighted by atomic mass is 9.94. The molecule has 0 bridgehead atoms. The zero-order valence-electron chi connectivity index (χ0n) is 12.1. The normalized spacial score (nSPS) is 14.3. The number of aliphatic hydroxyl groups is 1. The first-order chi connectivity index (χ1) is 8.47. The fourth-order valence-corrected chi connectivity index (χ4v) is 4.03. The number of rotatable bonds is 6. The van der Waals surface area contributed by atoms with Gasteiger partial charge in [0.2, 0.25) is 0 Å². The van der Waals surface area contributed by atoms with Gasteiger partial charge in [0.15, 0.2) is 0 Å². The summed E-state index contributed by atoms with van der Waals surface area (Å²) in [7, 11) is -1.46. The Morgan fingerprint density at radius 2 is 1.78 bits per heavy atom. The Labute approximate surface area is 113 Å². The van der Waals surface area contributed by atoms with E-state index in [4.69, 9.17) is 0 Å². The van der Waals surface area contributed by atoms with Gasteiger partial charge in [-0.15, -0.1) is 0 Å². The molecule has 0 fully saturated rings. The van der Waals surface area contributed by atoms with E-state index in [2.05, 4.69) is 69.0 Å². The molecular formula is C16H26OSi. The molecule has 1 rings (SSSR count). The summed E-state index contributed by atoms with van der Waals surface area (Å²) in [6.45, 7) is 9.36. The Bertz CT molecular complexity index is 368. The van der Waals surface area contributed by atoms with Gasteiger partial charge in [-0.05, 0) is 18.3 Å². The summed E-state index contributed by atoms with van der Waals surface area (Å²) in [4.78, 5) is 0. The lowest BCUT2D eigenvalue weighted by molar-refractivity contribution is 0.191. The molecule has 0 saturated heterocycles. The quantitative estimate of drug-likeness (QED) is 0.780. The van der Waals surface area contributed by atoms with Crippen LogP contribution in [0.4, 0.5) is 0 Å². The summed E-state index contributed by atoms with van der Waals surface area (Å²) in [5, 5.41) is 10.8. The van der Waals surface area contributed by atoms with Crippen molar-refractivity contribution in [3.8, 4) is 0 Å². The van der Waals surface area contributed by atoms with Crippen LogP contribution in [0, 0.1) is 11.8 Å². The van der Waals surface area contributed by atoms with Crippen LogP contribution in [-0.2, 0) is 0 Å². The average molecular weight is 262 g/mol. The van der Waals surface area contributed by atoms with E-state index in [1.54, 1.807) is 0 Å². The van der Waals surface area contributed by atoms with Crippen LogP contribution in [0.2, 0.25) is 13.1 Å². The van der Waals surface area contributed by atoms with Crippen molar-refractivity contribution in [3.63, 3.8) is 0 Å². The van der Waals surface area contributed by atoms with E-state index in [-0.39, 0.29) is 6.61 Å². The van der Waals surface area contributed by atoms with Crippen LogP contribution in [0.25, 0.3) is 0 Å². The maximum atomic E-state index is 9.32. The zero-order chi connectivity index (χ0) is 13.6. The van der Waals surface area contributed by atoms with E-state index in [1.807, 2.05) is 0 Å². The molecule has 1 atom stereocenters. The molecule has 0 aliphatic rings. The van der Waals surface area contributed by atoms with Crippen molar-refractivity contribution in [1.29, 1.82) is 0 Å². The van der Waals surface area contributed by atoms with Gasteiger partial charge in [-0.3, -0.25) is 0 Å². The van der Waals surface area contributed by atoms with Crippen molar-refractivity contribution in [2.24, 2.45) is 11.8 Å². The second-order valence-electron chi connectivity index (χ2n) is 5.91. The highest BCUT2D eigenvalue weighted by Gasteiger charge is 2.19. The van der Waals surface area contributed by atoms with Crippen LogP contribution in [0.5, 0.6) is 0 Å². The van der Waals surface area contributed by atoms with Gasteiger partial charge in [-0.25, -0.2) is 0 Å². The summed E-state index contributed by atoms with van der Waals surface area (Å²) >= 11 is 0. The lowest BCUT2D eigenvalue weighted by Gasteiger charge is -2.20. The molecule has 1 N–H and O–H groups in total. The molecule has 2 heteroatoms. The van der Waals surface area contributed by atoms with E-state index >= 15 is 0 Å². The maximum Gasteiger partial charge on any atom is 0.103 e. The highest BCUT2D eigenvalue weighted by Crippen LogP contribution is 2.16.